The number of esters is 2. The minimum Gasteiger partial charge on any atom is -0.465 e. The molecule has 0 atom stereocenters. The van der Waals surface area contributed by atoms with Crippen LogP contribution in [-0.2, 0) is 21.3 Å². The van der Waals surface area contributed by atoms with Crippen LogP contribution in [-0.4, -0.2) is 30.2 Å². The van der Waals surface area contributed by atoms with Crippen molar-refractivity contribution in [2.24, 2.45) is 7.05 Å². The van der Waals surface area contributed by atoms with Gasteiger partial charge in [0, 0.05) is 29.6 Å². The Morgan fingerprint density at radius 2 is 1.86 bits per heavy atom. The van der Waals surface area contributed by atoms with E-state index in [0.717, 1.165) is 33.3 Å². The smallest absolute Gasteiger partial charge is 0.337 e. The van der Waals surface area contributed by atoms with Crippen LogP contribution in [0.25, 0.3) is 28.2 Å². The summed E-state index contributed by atoms with van der Waals surface area (Å²) in [6, 6.07) is 13.4. The average molecular weight is 389 g/mol. The largest absolute Gasteiger partial charge is 0.465 e. The highest BCUT2D eigenvalue weighted by atomic mass is 16.5. The molecule has 0 spiro atoms. The van der Waals surface area contributed by atoms with E-state index in [1.54, 1.807) is 18.2 Å². The van der Waals surface area contributed by atoms with Gasteiger partial charge in [0.15, 0.2) is 0 Å². The van der Waals surface area contributed by atoms with Crippen LogP contribution in [0, 0.1) is 6.92 Å². The van der Waals surface area contributed by atoms with Crippen molar-refractivity contribution in [3.8, 4) is 11.3 Å². The van der Waals surface area contributed by atoms with Crippen molar-refractivity contribution in [2.45, 2.75) is 6.92 Å². The third-order valence-electron chi connectivity index (χ3n) is 4.70. The number of hydrogen-bond donors (Lipinski definition) is 0. The molecule has 0 aliphatic heterocycles. The Labute approximate surface area is 169 Å². The number of aromatic nitrogens is 1. The van der Waals surface area contributed by atoms with Gasteiger partial charge in [-0.25, -0.2) is 9.59 Å². The number of ether oxygens (including phenoxy) is 2. The fourth-order valence-corrected chi connectivity index (χ4v) is 3.33. The Bertz CT molecular complexity index is 1100. The highest BCUT2D eigenvalue weighted by molar-refractivity contribution is 6.01. The summed E-state index contributed by atoms with van der Waals surface area (Å²) in [5, 5.41) is 1.03. The summed E-state index contributed by atoms with van der Waals surface area (Å²) in [5.74, 6) is -0.809. The number of benzene rings is 2. The van der Waals surface area contributed by atoms with Crippen molar-refractivity contribution in [2.75, 3.05) is 13.7 Å². The van der Waals surface area contributed by atoms with E-state index in [4.69, 9.17) is 9.47 Å². The van der Waals surface area contributed by atoms with Gasteiger partial charge in [0.25, 0.3) is 0 Å². The number of carbonyl (C=O) groups is 2. The standard InChI is InChI=1S/C24H23NO4/c1-5-14-29-22(26)13-11-19-20-15-16(2)6-12-21(20)25(3)23(19)17-7-9-18(10-8-17)24(27)28-4/h5-13,15H,1,14H2,2-4H3/b13-11+. The van der Waals surface area contributed by atoms with Crippen molar-refractivity contribution in [3.63, 3.8) is 0 Å². The average Bonchev–Trinajstić information content (AvgIpc) is 3.01. The molecule has 0 unspecified atom stereocenters. The van der Waals surface area contributed by atoms with Gasteiger partial charge in [-0.15, -0.1) is 0 Å². The molecule has 0 saturated heterocycles. The maximum absolute atomic E-state index is 12.0. The second-order valence-corrected chi connectivity index (χ2v) is 6.66. The predicted octanol–water partition coefficient (Wildman–Crippen LogP) is 4.68. The lowest BCUT2D eigenvalue weighted by Gasteiger charge is -2.07. The Morgan fingerprint density at radius 3 is 2.52 bits per heavy atom. The third-order valence-corrected chi connectivity index (χ3v) is 4.70. The van der Waals surface area contributed by atoms with E-state index in [0.29, 0.717) is 5.56 Å². The Balaban J connectivity index is 2.14. The quantitative estimate of drug-likeness (QED) is 0.349. The van der Waals surface area contributed by atoms with Gasteiger partial charge in [0.1, 0.15) is 6.61 Å². The molecule has 148 valence electrons. The molecule has 0 fully saturated rings. The summed E-state index contributed by atoms with van der Waals surface area (Å²) < 4.78 is 11.9. The second kappa shape index (κ2) is 8.61. The summed E-state index contributed by atoms with van der Waals surface area (Å²) in [5.41, 5.74) is 5.42. The number of aryl methyl sites for hydroxylation is 2. The molecule has 1 aromatic heterocycles. The van der Waals surface area contributed by atoms with Crippen molar-refractivity contribution in [1.29, 1.82) is 0 Å². The molecule has 3 aromatic rings. The van der Waals surface area contributed by atoms with E-state index < -0.39 is 5.97 Å². The summed E-state index contributed by atoms with van der Waals surface area (Å²) in [4.78, 5) is 23.7. The lowest BCUT2D eigenvalue weighted by Crippen LogP contribution is -2.01. The van der Waals surface area contributed by atoms with Crippen LogP contribution in [0.3, 0.4) is 0 Å². The van der Waals surface area contributed by atoms with Crippen LogP contribution < -0.4 is 0 Å². The fraction of sp³-hybridized carbons (Fsp3) is 0.167. The maximum atomic E-state index is 12.0. The molecule has 2 aromatic carbocycles. The normalized spacial score (nSPS) is 11.0. The first kappa shape index (κ1) is 20.1. The molecule has 0 aliphatic carbocycles. The molecule has 3 rings (SSSR count). The summed E-state index contributed by atoms with van der Waals surface area (Å²) in [7, 11) is 3.34. The zero-order valence-corrected chi connectivity index (χ0v) is 16.8. The van der Waals surface area contributed by atoms with E-state index in [1.165, 1.54) is 19.3 Å². The van der Waals surface area contributed by atoms with Crippen LogP contribution in [0.4, 0.5) is 0 Å². The topological polar surface area (TPSA) is 57.5 Å². The lowest BCUT2D eigenvalue weighted by atomic mass is 10.0. The molecule has 1 heterocycles. The number of fused-ring (bicyclic) bond motifs is 1. The van der Waals surface area contributed by atoms with Crippen LogP contribution in [0.15, 0.2) is 61.2 Å². The van der Waals surface area contributed by atoms with Crippen LogP contribution in [0.2, 0.25) is 0 Å². The number of hydrogen-bond acceptors (Lipinski definition) is 4. The zero-order valence-electron chi connectivity index (χ0n) is 16.8. The van der Waals surface area contributed by atoms with E-state index in [9.17, 15) is 9.59 Å². The van der Waals surface area contributed by atoms with Crippen LogP contribution in [0.1, 0.15) is 21.5 Å². The molecule has 0 amide bonds. The van der Waals surface area contributed by atoms with Crippen molar-refractivity contribution in [1.82, 2.24) is 4.57 Å². The van der Waals surface area contributed by atoms with Gasteiger partial charge in [-0.3, -0.25) is 0 Å². The third kappa shape index (κ3) is 4.14. The SMILES string of the molecule is C=CCOC(=O)/C=C/c1c(-c2ccc(C(=O)OC)cc2)n(C)c2ccc(C)cc12. The van der Waals surface area contributed by atoms with E-state index >= 15 is 0 Å². The van der Waals surface area contributed by atoms with Gasteiger partial charge in [-0.2, -0.15) is 0 Å². The predicted molar refractivity (Wildman–Crippen MR) is 115 cm³/mol. The molecule has 0 radical (unpaired) electrons. The number of methoxy groups -OCH3 is 1. The van der Waals surface area contributed by atoms with Gasteiger partial charge in [-0.1, -0.05) is 36.4 Å². The van der Waals surface area contributed by atoms with Gasteiger partial charge < -0.3 is 14.0 Å². The van der Waals surface area contributed by atoms with Crippen LogP contribution >= 0.6 is 0 Å². The number of carbonyl (C=O) groups excluding carboxylic acids is 2. The highest BCUT2D eigenvalue weighted by Gasteiger charge is 2.16. The number of nitrogens with zero attached hydrogens (tertiary/aromatic N) is 1. The molecule has 0 aliphatic rings. The Morgan fingerprint density at radius 1 is 1.14 bits per heavy atom. The highest BCUT2D eigenvalue weighted by Crippen LogP contribution is 2.34. The monoisotopic (exact) mass is 389 g/mol. The first-order valence-electron chi connectivity index (χ1n) is 9.19. The molecule has 29 heavy (non-hydrogen) atoms. The minimum atomic E-state index is -0.429. The molecule has 5 nitrogen and oxygen atoms in total. The zero-order chi connectivity index (χ0) is 21.0. The summed E-state index contributed by atoms with van der Waals surface area (Å²) in [6.45, 7) is 5.74. The van der Waals surface area contributed by atoms with E-state index in [-0.39, 0.29) is 12.6 Å². The van der Waals surface area contributed by atoms with Gasteiger partial charge in [0.05, 0.1) is 18.4 Å². The van der Waals surface area contributed by atoms with Gasteiger partial charge >= 0.3 is 11.9 Å². The van der Waals surface area contributed by atoms with Gasteiger partial charge in [0.2, 0.25) is 0 Å². The second-order valence-electron chi connectivity index (χ2n) is 6.66. The molecular weight excluding hydrogens is 366 g/mol. The molecule has 0 saturated carbocycles. The van der Waals surface area contributed by atoms with Crippen molar-refractivity contribution < 1.29 is 19.1 Å². The minimum absolute atomic E-state index is 0.166. The molecule has 0 bridgehead atoms. The lowest BCUT2D eigenvalue weighted by molar-refractivity contribution is -0.136. The molecule has 0 N–H and O–H groups in total. The Kier molecular flexibility index (Phi) is 5.98. The first-order chi connectivity index (χ1) is 14.0. The van der Waals surface area contributed by atoms with Crippen molar-refractivity contribution >= 4 is 28.9 Å². The fourth-order valence-electron chi connectivity index (χ4n) is 3.33. The Hall–Kier alpha value is -3.60. The number of rotatable bonds is 6. The first-order valence-corrected chi connectivity index (χ1v) is 9.19. The van der Waals surface area contributed by atoms with Crippen molar-refractivity contribution in [3.05, 3.63) is 77.9 Å². The van der Waals surface area contributed by atoms with Crippen LogP contribution in [0.5, 0.6) is 0 Å². The maximum Gasteiger partial charge on any atom is 0.337 e. The molecule has 5 heteroatoms. The summed E-state index contributed by atoms with van der Waals surface area (Å²) >= 11 is 0. The van der Waals surface area contributed by atoms with E-state index in [2.05, 4.69) is 29.3 Å². The van der Waals surface area contributed by atoms with E-state index in [1.807, 2.05) is 26.1 Å². The summed E-state index contributed by atoms with van der Waals surface area (Å²) in [6.07, 6.45) is 4.73. The molecular formula is C24H23NO4. The van der Waals surface area contributed by atoms with Gasteiger partial charge in [-0.05, 0) is 42.8 Å².